The molecule has 0 saturated heterocycles. The lowest BCUT2D eigenvalue weighted by atomic mass is 10.1. The molecule has 0 aromatic carbocycles. The summed E-state index contributed by atoms with van der Waals surface area (Å²) >= 11 is 0. The molecule has 72 valence electrons. The molecule has 4 heteroatoms. The van der Waals surface area contributed by atoms with Gasteiger partial charge in [-0.25, -0.2) is 4.98 Å². The Morgan fingerprint density at radius 1 is 1.69 bits per heavy atom. The van der Waals surface area contributed by atoms with Crippen molar-refractivity contribution in [2.75, 3.05) is 0 Å². The summed E-state index contributed by atoms with van der Waals surface area (Å²) < 4.78 is 0. The molecule has 2 N–H and O–H groups in total. The van der Waals surface area contributed by atoms with Crippen LogP contribution in [0, 0.1) is 5.92 Å². The number of imidazole rings is 1. The van der Waals surface area contributed by atoms with Gasteiger partial charge in [0.2, 0.25) is 0 Å². The minimum absolute atomic E-state index is 0.0189. The zero-order chi connectivity index (χ0) is 9.84. The Bertz CT molecular complexity index is 292. The van der Waals surface area contributed by atoms with Crippen LogP contribution in [-0.2, 0) is 17.6 Å². The zero-order valence-electron chi connectivity index (χ0n) is 7.87. The summed E-state index contributed by atoms with van der Waals surface area (Å²) in [4.78, 5) is 17.4. The first-order valence-electron chi connectivity index (χ1n) is 4.32. The first-order chi connectivity index (χ1) is 6.08. The highest BCUT2D eigenvalue weighted by Crippen LogP contribution is 2.04. The van der Waals surface area contributed by atoms with Gasteiger partial charge in [0.05, 0.1) is 6.42 Å². The molecular weight excluding hydrogens is 168 g/mol. The van der Waals surface area contributed by atoms with Crippen LogP contribution in [0.15, 0.2) is 6.20 Å². The first kappa shape index (κ1) is 9.77. The Balaban J connectivity index is 2.58. The minimum atomic E-state index is -0.834. The lowest BCUT2D eigenvalue weighted by molar-refractivity contribution is -0.136. The van der Waals surface area contributed by atoms with Crippen LogP contribution in [0.5, 0.6) is 0 Å². The molecule has 0 fully saturated rings. The van der Waals surface area contributed by atoms with Crippen LogP contribution in [-0.4, -0.2) is 21.0 Å². The number of nitrogens with zero attached hydrogens (tertiary/aromatic N) is 1. The van der Waals surface area contributed by atoms with E-state index >= 15 is 0 Å². The summed E-state index contributed by atoms with van der Waals surface area (Å²) in [6, 6.07) is 0. The normalized spacial score (nSPS) is 10.7. The van der Waals surface area contributed by atoms with Crippen molar-refractivity contribution < 1.29 is 9.90 Å². The largest absolute Gasteiger partial charge is 0.481 e. The van der Waals surface area contributed by atoms with E-state index in [0.29, 0.717) is 11.6 Å². The highest BCUT2D eigenvalue weighted by molar-refractivity contribution is 5.69. The van der Waals surface area contributed by atoms with E-state index in [4.69, 9.17) is 5.11 Å². The number of carbonyl (C=O) groups is 1. The third-order valence-electron chi connectivity index (χ3n) is 1.62. The van der Waals surface area contributed by atoms with Gasteiger partial charge in [-0.2, -0.15) is 0 Å². The maximum atomic E-state index is 10.4. The molecule has 1 aromatic rings. The van der Waals surface area contributed by atoms with Gasteiger partial charge in [-0.15, -0.1) is 0 Å². The van der Waals surface area contributed by atoms with E-state index in [1.807, 2.05) is 0 Å². The summed E-state index contributed by atoms with van der Waals surface area (Å²) in [6.45, 7) is 4.19. The average Bonchev–Trinajstić information content (AvgIpc) is 2.33. The SMILES string of the molecule is CC(C)Cc1ncc(CC(=O)O)[nH]1. The second-order valence-electron chi connectivity index (χ2n) is 3.52. The van der Waals surface area contributed by atoms with Crippen molar-refractivity contribution >= 4 is 5.97 Å². The monoisotopic (exact) mass is 182 g/mol. The fourth-order valence-corrected chi connectivity index (χ4v) is 1.15. The molecule has 0 amide bonds. The van der Waals surface area contributed by atoms with Crippen LogP contribution in [0.1, 0.15) is 25.4 Å². The van der Waals surface area contributed by atoms with Gasteiger partial charge in [0.25, 0.3) is 0 Å². The van der Waals surface area contributed by atoms with E-state index in [1.165, 1.54) is 0 Å². The third kappa shape index (κ3) is 3.27. The summed E-state index contributed by atoms with van der Waals surface area (Å²) in [6.07, 6.45) is 2.47. The van der Waals surface area contributed by atoms with Gasteiger partial charge in [0, 0.05) is 18.3 Å². The maximum absolute atomic E-state index is 10.4. The highest BCUT2D eigenvalue weighted by atomic mass is 16.4. The summed E-state index contributed by atoms with van der Waals surface area (Å²) in [7, 11) is 0. The third-order valence-corrected chi connectivity index (χ3v) is 1.62. The molecule has 0 aliphatic rings. The Morgan fingerprint density at radius 2 is 2.38 bits per heavy atom. The van der Waals surface area contributed by atoms with Gasteiger partial charge in [0.1, 0.15) is 5.82 Å². The smallest absolute Gasteiger partial charge is 0.309 e. The first-order valence-corrected chi connectivity index (χ1v) is 4.32. The zero-order valence-corrected chi connectivity index (χ0v) is 7.87. The van der Waals surface area contributed by atoms with E-state index in [-0.39, 0.29) is 6.42 Å². The molecule has 0 spiro atoms. The van der Waals surface area contributed by atoms with Gasteiger partial charge >= 0.3 is 5.97 Å². The van der Waals surface area contributed by atoms with Crippen molar-refractivity contribution in [3.8, 4) is 0 Å². The van der Waals surface area contributed by atoms with Crippen molar-refractivity contribution in [1.29, 1.82) is 0 Å². The molecule has 0 unspecified atom stereocenters. The van der Waals surface area contributed by atoms with Crippen molar-refractivity contribution in [1.82, 2.24) is 9.97 Å². The predicted molar refractivity (Wildman–Crippen MR) is 48.5 cm³/mol. The molecule has 1 aromatic heterocycles. The van der Waals surface area contributed by atoms with E-state index in [0.717, 1.165) is 12.2 Å². The number of aromatic amines is 1. The van der Waals surface area contributed by atoms with Crippen molar-refractivity contribution in [2.24, 2.45) is 5.92 Å². The molecule has 0 aliphatic carbocycles. The molecule has 0 saturated carbocycles. The van der Waals surface area contributed by atoms with Gasteiger partial charge in [-0.3, -0.25) is 4.79 Å². The van der Waals surface area contributed by atoms with Gasteiger partial charge in [-0.1, -0.05) is 13.8 Å². The van der Waals surface area contributed by atoms with Gasteiger partial charge in [0.15, 0.2) is 0 Å². The number of carboxylic acid groups (broad SMARTS) is 1. The summed E-state index contributed by atoms with van der Waals surface area (Å²) in [5, 5.41) is 8.51. The number of aromatic nitrogens is 2. The Labute approximate surface area is 77.0 Å². The second kappa shape index (κ2) is 4.07. The summed E-state index contributed by atoms with van der Waals surface area (Å²) in [5.74, 6) is 0.565. The molecule has 0 bridgehead atoms. The van der Waals surface area contributed by atoms with Crippen molar-refractivity contribution in [3.05, 3.63) is 17.7 Å². The lowest BCUT2D eigenvalue weighted by Crippen LogP contribution is -2.01. The fraction of sp³-hybridized carbons (Fsp3) is 0.556. The van der Waals surface area contributed by atoms with E-state index in [1.54, 1.807) is 6.20 Å². The van der Waals surface area contributed by atoms with Gasteiger partial charge < -0.3 is 10.1 Å². The lowest BCUT2D eigenvalue weighted by Gasteiger charge is -1.99. The number of hydrogen-bond donors (Lipinski definition) is 2. The van der Waals surface area contributed by atoms with Crippen LogP contribution in [0.4, 0.5) is 0 Å². The molecular formula is C9H14N2O2. The summed E-state index contributed by atoms with van der Waals surface area (Å²) in [5.41, 5.74) is 0.670. The Kier molecular flexibility index (Phi) is 3.06. The maximum Gasteiger partial charge on any atom is 0.309 e. The topological polar surface area (TPSA) is 66.0 Å². The number of carboxylic acids is 1. The number of nitrogens with one attached hydrogen (secondary N) is 1. The predicted octanol–water partition coefficient (Wildman–Crippen LogP) is 1.24. The van der Waals surface area contributed by atoms with Gasteiger partial charge in [-0.05, 0) is 5.92 Å². The molecule has 0 radical (unpaired) electrons. The van der Waals surface area contributed by atoms with Crippen LogP contribution in [0.2, 0.25) is 0 Å². The fourth-order valence-electron chi connectivity index (χ4n) is 1.15. The molecule has 1 heterocycles. The Hall–Kier alpha value is -1.32. The highest BCUT2D eigenvalue weighted by Gasteiger charge is 2.05. The molecule has 0 atom stereocenters. The standard InChI is InChI=1S/C9H14N2O2/c1-6(2)3-8-10-5-7(11-8)4-9(12)13/h5-6H,3-4H2,1-2H3,(H,10,11)(H,12,13). The van der Waals surface area contributed by atoms with Crippen LogP contribution < -0.4 is 0 Å². The quantitative estimate of drug-likeness (QED) is 0.736. The van der Waals surface area contributed by atoms with Crippen molar-refractivity contribution in [2.45, 2.75) is 26.7 Å². The van der Waals surface area contributed by atoms with E-state index in [9.17, 15) is 4.79 Å². The average molecular weight is 182 g/mol. The van der Waals surface area contributed by atoms with Crippen LogP contribution in [0.3, 0.4) is 0 Å². The molecule has 0 aliphatic heterocycles. The molecule has 4 nitrogen and oxygen atoms in total. The van der Waals surface area contributed by atoms with Crippen molar-refractivity contribution in [3.63, 3.8) is 0 Å². The number of aliphatic carboxylic acids is 1. The number of hydrogen-bond acceptors (Lipinski definition) is 2. The number of rotatable bonds is 4. The van der Waals surface area contributed by atoms with Crippen LogP contribution in [0.25, 0.3) is 0 Å². The van der Waals surface area contributed by atoms with E-state index in [2.05, 4.69) is 23.8 Å². The van der Waals surface area contributed by atoms with Crippen LogP contribution >= 0.6 is 0 Å². The second-order valence-corrected chi connectivity index (χ2v) is 3.52. The Morgan fingerprint density at radius 3 is 2.92 bits per heavy atom. The molecule has 13 heavy (non-hydrogen) atoms. The minimum Gasteiger partial charge on any atom is -0.481 e. The molecule has 1 rings (SSSR count). The number of H-pyrrole nitrogens is 1. The van der Waals surface area contributed by atoms with E-state index < -0.39 is 5.97 Å².